The SMILES string of the molecule is Cn1c(COc2cc(Cl)ccc2Cl)c(CN2CCCCC2)c2ccccc21. The molecule has 1 aromatic heterocycles. The van der Waals surface area contributed by atoms with Gasteiger partial charge in [0.05, 0.1) is 10.7 Å². The summed E-state index contributed by atoms with van der Waals surface area (Å²) in [5.74, 6) is 0.623. The summed E-state index contributed by atoms with van der Waals surface area (Å²) in [5.41, 5.74) is 3.78. The standard InChI is InChI=1S/C22H24Cl2N2O/c1-25-20-8-4-3-7-17(20)18(14-26-11-5-2-6-12-26)21(25)15-27-22-13-16(23)9-10-19(22)24/h3-4,7-10,13H,2,5-6,11-12,14-15H2,1H3. The predicted octanol–water partition coefficient (Wildman–Crippen LogP) is 6.05. The lowest BCUT2D eigenvalue weighted by Gasteiger charge is -2.26. The molecule has 27 heavy (non-hydrogen) atoms. The van der Waals surface area contributed by atoms with Crippen molar-refractivity contribution < 1.29 is 4.74 Å². The highest BCUT2D eigenvalue weighted by molar-refractivity contribution is 6.34. The third kappa shape index (κ3) is 3.96. The number of nitrogens with zero attached hydrogens (tertiary/aromatic N) is 2. The number of aromatic nitrogens is 1. The minimum absolute atomic E-state index is 0.467. The van der Waals surface area contributed by atoms with Gasteiger partial charge in [0.2, 0.25) is 0 Å². The molecule has 0 bridgehead atoms. The molecule has 0 saturated carbocycles. The van der Waals surface area contributed by atoms with Gasteiger partial charge in [-0.1, -0.05) is 47.8 Å². The Morgan fingerprint density at radius 3 is 2.59 bits per heavy atom. The number of rotatable bonds is 5. The van der Waals surface area contributed by atoms with E-state index in [1.807, 2.05) is 0 Å². The average molecular weight is 403 g/mol. The molecule has 1 fully saturated rings. The fourth-order valence-corrected chi connectivity index (χ4v) is 4.29. The predicted molar refractivity (Wildman–Crippen MR) is 113 cm³/mol. The van der Waals surface area contributed by atoms with E-state index in [1.165, 1.54) is 54.5 Å². The number of fused-ring (bicyclic) bond motifs is 1. The summed E-state index contributed by atoms with van der Waals surface area (Å²) in [6, 6.07) is 13.9. The van der Waals surface area contributed by atoms with Crippen LogP contribution < -0.4 is 4.74 Å². The van der Waals surface area contributed by atoms with Gasteiger partial charge >= 0.3 is 0 Å². The second-order valence-corrected chi connectivity index (χ2v) is 8.05. The van der Waals surface area contributed by atoms with E-state index in [2.05, 4.69) is 40.8 Å². The molecule has 5 heteroatoms. The van der Waals surface area contributed by atoms with Crippen molar-refractivity contribution in [1.29, 1.82) is 0 Å². The number of likely N-dealkylation sites (tertiary alicyclic amines) is 1. The molecular formula is C22H24Cl2N2O. The molecule has 2 heterocycles. The second kappa shape index (κ2) is 8.14. The molecule has 1 aliphatic rings. The van der Waals surface area contributed by atoms with Gasteiger partial charge in [-0.3, -0.25) is 4.90 Å². The summed E-state index contributed by atoms with van der Waals surface area (Å²) >= 11 is 12.4. The first-order valence-corrected chi connectivity index (χ1v) is 10.2. The van der Waals surface area contributed by atoms with Crippen LogP contribution in [0.2, 0.25) is 10.0 Å². The number of hydrogen-bond acceptors (Lipinski definition) is 2. The molecule has 3 aromatic rings. The largest absolute Gasteiger partial charge is 0.486 e. The molecule has 0 spiro atoms. The van der Waals surface area contributed by atoms with Gasteiger partial charge in [-0.05, 0) is 49.7 Å². The van der Waals surface area contributed by atoms with Gasteiger partial charge in [-0.15, -0.1) is 0 Å². The Balaban J connectivity index is 1.66. The molecule has 142 valence electrons. The summed E-state index contributed by atoms with van der Waals surface area (Å²) < 4.78 is 8.33. The van der Waals surface area contributed by atoms with Crippen LogP contribution in [0.3, 0.4) is 0 Å². The van der Waals surface area contributed by atoms with E-state index >= 15 is 0 Å². The van der Waals surface area contributed by atoms with Gasteiger partial charge in [0.1, 0.15) is 12.4 Å². The number of halogens is 2. The molecule has 4 rings (SSSR count). The Kier molecular flexibility index (Phi) is 5.63. The highest BCUT2D eigenvalue weighted by Gasteiger charge is 2.19. The van der Waals surface area contributed by atoms with Crippen molar-refractivity contribution >= 4 is 34.1 Å². The first kappa shape index (κ1) is 18.7. The van der Waals surface area contributed by atoms with Crippen LogP contribution in [0, 0.1) is 0 Å². The maximum atomic E-state index is 6.28. The highest BCUT2D eigenvalue weighted by atomic mass is 35.5. The number of piperidine rings is 1. The zero-order valence-electron chi connectivity index (χ0n) is 15.5. The molecule has 0 unspecified atom stereocenters. The van der Waals surface area contributed by atoms with Crippen LogP contribution in [-0.2, 0) is 20.2 Å². The Labute approximate surface area is 170 Å². The van der Waals surface area contributed by atoms with Gasteiger partial charge in [0.15, 0.2) is 0 Å². The van der Waals surface area contributed by atoms with Crippen molar-refractivity contribution in [2.24, 2.45) is 7.05 Å². The molecule has 0 radical (unpaired) electrons. The number of ether oxygens (including phenoxy) is 1. The molecule has 3 nitrogen and oxygen atoms in total. The normalized spacial score (nSPS) is 15.4. The van der Waals surface area contributed by atoms with Crippen LogP contribution in [0.4, 0.5) is 0 Å². The monoisotopic (exact) mass is 402 g/mol. The zero-order chi connectivity index (χ0) is 18.8. The van der Waals surface area contributed by atoms with Crippen molar-refractivity contribution in [1.82, 2.24) is 9.47 Å². The Bertz CT molecular complexity index is 945. The van der Waals surface area contributed by atoms with Gasteiger partial charge in [-0.25, -0.2) is 0 Å². The number of para-hydroxylation sites is 1. The van der Waals surface area contributed by atoms with Crippen LogP contribution in [0.25, 0.3) is 10.9 Å². The summed E-state index contributed by atoms with van der Waals surface area (Å²) in [4.78, 5) is 2.56. The van der Waals surface area contributed by atoms with E-state index in [0.29, 0.717) is 22.4 Å². The molecule has 2 aromatic carbocycles. The lowest BCUT2D eigenvalue weighted by molar-refractivity contribution is 0.218. The molecule has 0 aliphatic carbocycles. The van der Waals surface area contributed by atoms with Crippen LogP contribution in [-0.4, -0.2) is 22.6 Å². The van der Waals surface area contributed by atoms with Gasteiger partial charge in [0, 0.05) is 35.6 Å². The van der Waals surface area contributed by atoms with E-state index in [1.54, 1.807) is 18.2 Å². The van der Waals surface area contributed by atoms with Crippen LogP contribution in [0.5, 0.6) is 5.75 Å². The van der Waals surface area contributed by atoms with Gasteiger partial charge < -0.3 is 9.30 Å². The molecule has 1 saturated heterocycles. The van der Waals surface area contributed by atoms with Crippen molar-refractivity contribution in [3.8, 4) is 5.75 Å². The first-order chi connectivity index (χ1) is 13.1. The third-order valence-corrected chi connectivity index (χ3v) is 5.98. The minimum atomic E-state index is 0.467. The highest BCUT2D eigenvalue weighted by Crippen LogP contribution is 2.31. The average Bonchev–Trinajstić information content (AvgIpc) is 2.95. The van der Waals surface area contributed by atoms with Crippen molar-refractivity contribution in [2.45, 2.75) is 32.4 Å². The van der Waals surface area contributed by atoms with Crippen LogP contribution in [0.15, 0.2) is 42.5 Å². The summed E-state index contributed by atoms with van der Waals surface area (Å²) in [5, 5.41) is 2.51. The lowest BCUT2D eigenvalue weighted by atomic mass is 10.1. The van der Waals surface area contributed by atoms with Gasteiger partial charge in [-0.2, -0.15) is 0 Å². The summed E-state index contributed by atoms with van der Waals surface area (Å²) in [6.45, 7) is 3.77. The maximum absolute atomic E-state index is 6.28. The Morgan fingerprint density at radius 1 is 1.00 bits per heavy atom. The minimum Gasteiger partial charge on any atom is -0.486 e. The molecule has 0 N–H and O–H groups in total. The van der Waals surface area contributed by atoms with E-state index in [-0.39, 0.29) is 0 Å². The fraction of sp³-hybridized carbons (Fsp3) is 0.364. The van der Waals surface area contributed by atoms with Crippen molar-refractivity contribution in [3.05, 3.63) is 63.8 Å². The van der Waals surface area contributed by atoms with Crippen LogP contribution >= 0.6 is 23.2 Å². The Morgan fingerprint density at radius 2 is 1.78 bits per heavy atom. The second-order valence-electron chi connectivity index (χ2n) is 7.20. The molecule has 0 amide bonds. The summed E-state index contributed by atoms with van der Waals surface area (Å²) in [6.07, 6.45) is 3.92. The zero-order valence-corrected chi connectivity index (χ0v) is 17.1. The molecular weight excluding hydrogens is 379 g/mol. The van der Waals surface area contributed by atoms with E-state index in [4.69, 9.17) is 27.9 Å². The number of aryl methyl sites for hydroxylation is 1. The number of hydrogen-bond donors (Lipinski definition) is 0. The van der Waals surface area contributed by atoms with E-state index in [9.17, 15) is 0 Å². The lowest BCUT2D eigenvalue weighted by Crippen LogP contribution is -2.29. The quantitative estimate of drug-likeness (QED) is 0.516. The first-order valence-electron chi connectivity index (χ1n) is 9.49. The summed E-state index contributed by atoms with van der Waals surface area (Å²) in [7, 11) is 2.11. The maximum Gasteiger partial charge on any atom is 0.139 e. The van der Waals surface area contributed by atoms with E-state index in [0.717, 1.165) is 6.54 Å². The molecule has 0 atom stereocenters. The van der Waals surface area contributed by atoms with Crippen molar-refractivity contribution in [3.63, 3.8) is 0 Å². The third-order valence-electron chi connectivity index (χ3n) is 5.43. The molecule has 1 aliphatic heterocycles. The number of benzene rings is 2. The smallest absolute Gasteiger partial charge is 0.139 e. The Hall–Kier alpha value is -1.68. The fourth-order valence-electron chi connectivity index (χ4n) is 3.96. The van der Waals surface area contributed by atoms with Crippen molar-refractivity contribution in [2.75, 3.05) is 13.1 Å². The topological polar surface area (TPSA) is 17.4 Å². The van der Waals surface area contributed by atoms with E-state index < -0.39 is 0 Å². The van der Waals surface area contributed by atoms with Crippen LogP contribution in [0.1, 0.15) is 30.5 Å². The van der Waals surface area contributed by atoms with Gasteiger partial charge in [0.25, 0.3) is 0 Å².